The molecule has 2 rings (SSSR count). The lowest BCUT2D eigenvalue weighted by atomic mass is 10.2. The summed E-state index contributed by atoms with van der Waals surface area (Å²) < 4.78 is 0. The first-order valence-corrected chi connectivity index (χ1v) is 7.39. The first-order chi connectivity index (χ1) is 10.6. The van der Waals surface area contributed by atoms with E-state index in [1.165, 1.54) is 0 Å². The Hall–Kier alpha value is -2.56. The van der Waals surface area contributed by atoms with Gasteiger partial charge in [0.15, 0.2) is 0 Å². The Kier molecular flexibility index (Phi) is 5.36. The fraction of sp³-hybridized carbons (Fsp3) is 0.294. The summed E-state index contributed by atoms with van der Waals surface area (Å²) in [7, 11) is 3.99. The predicted octanol–water partition coefficient (Wildman–Crippen LogP) is 3.03. The second-order valence-electron chi connectivity index (χ2n) is 5.26. The number of nitrogens with one attached hydrogen (secondary N) is 2. The van der Waals surface area contributed by atoms with Crippen LogP contribution >= 0.6 is 0 Å². The minimum atomic E-state index is -0.0747. The largest absolute Gasteiger partial charge is 0.378 e. The van der Waals surface area contributed by atoms with E-state index in [2.05, 4.69) is 15.6 Å². The van der Waals surface area contributed by atoms with Gasteiger partial charge in [-0.15, -0.1) is 0 Å². The number of rotatable bonds is 6. The number of hydrogen-bond acceptors (Lipinski definition) is 4. The van der Waals surface area contributed by atoms with Crippen LogP contribution in [0.5, 0.6) is 0 Å². The SMILES string of the molecule is CCCNC(=O)c1ccnc(Nc2cccc(N(C)C)c2)c1. The number of hydrogen-bond donors (Lipinski definition) is 2. The number of carbonyl (C=O) groups excluding carboxylic acids is 1. The summed E-state index contributed by atoms with van der Waals surface area (Å²) in [5, 5.41) is 6.10. The van der Waals surface area contributed by atoms with Crippen LogP contribution in [0.25, 0.3) is 0 Å². The van der Waals surface area contributed by atoms with E-state index in [0.717, 1.165) is 17.8 Å². The number of nitrogens with zero attached hydrogens (tertiary/aromatic N) is 2. The van der Waals surface area contributed by atoms with Crippen LogP contribution in [-0.2, 0) is 0 Å². The van der Waals surface area contributed by atoms with Crippen molar-refractivity contribution in [3.8, 4) is 0 Å². The summed E-state index contributed by atoms with van der Waals surface area (Å²) in [4.78, 5) is 18.3. The molecule has 5 nitrogen and oxygen atoms in total. The quantitative estimate of drug-likeness (QED) is 0.860. The first kappa shape index (κ1) is 15.8. The standard InChI is InChI=1S/C17H22N4O/c1-4-9-19-17(22)13-8-10-18-16(11-13)20-14-6-5-7-15(12-14)21(2)3/h5-8,10-12H,4,9H2,1-3H3,(H,18,20)(H,19,22). The highest BCUT2D eigenvalue weighted by molar-refractivity contribution is 5.94. The van der Waals surface area contributed by atoms with E-state index in [1.54, 1.807) is 18.3 Å². The van der Waals surface area contributed by atoms with Crippen LogP contribution in [0.2, 0.25) is 0 Å². The van der Waals surface area contributed by atoms with Crippen LogP contribution in [0.1, 0.15) is 23.7 Å². The Morgan fingerprint density at radius 2 is 2.05 bits per heavy atom. The zero-order chi connectivity index (χ0) is 15.9. The van der Waals surface area contributed by atoms with E-state index in [4.69, 9.17) is 0 Å². The van der Waals surface area contributed by atoms with Crippen molar-refractivity contribution in [2.75, 3.05) is 30.9 Å². The van der Waals surface area contributed by atoms with Gasteiger partial charge < -0.3 is 15.5 Å². The fourth-order valence-corrected chi connectivity index (χ4v) is 1.99. The van der Waals surface area contributed by atoms with Gasteiger partial charge in [-0.3, -0.25) is 4.79 Å². The van der Waals surface area contributed by atoms with Crippen molar-refractivity contribution in [2.24, 2.45) is 0 Å². The molecule has 2 N–H and O–H groups in total. The maximum atomic E-state index is 12.0. The maximum Gasteiger partial charge on any atom is 0.251 e. The second-order valence-corrected chi connectivity index (χ2v) is 5.26. The number of aromatic nitrogens is 1. The van der Waals surface area contributed by atoms with E-state index < -0.39 is 0 Å². The molecule has 0 saturated heterocycles. The van der Waals surface area contributed by atoms with Crippen molar-refractivity contribution < 1.29 is 4.79 Å². The third-order valence-corrected chi connectivity index (χ3v) is 3.19. The van der Waals surface area contributed by atoms with Gasteiger partial charge in [0.05, 0.1) is 0 Å². The molecule has 0 aliphatic carbocycles. The van der Waals surface area contributed by atoms with Gasteiger partial charge in [0.1, 0.15) is 5.82 Å². The molecule has 0 aliphatic heterocycles. The predicted molar refractivity (Wildman–Crippen MR) is 90.9 cm³/mol. The van der Waals surface area contributed by atoms with Crippen molar-refractivity contribution in [3.63, 3.8) is 0 Å². The molecule has 0 unspecified atom stereocenters. The molecule has 116 valence electrons. The molecule has 0 saturated carbocycles. The van der Waals surface area contributed by atoms with Crippen molar-refractivity contribution in [2.45, 2.75) is 13.3 Å². The molecule has 2 aromatic rings. The third-order valence-electron chi connectivity index (χ3n) is 3.19. The highest BCUT2D eigenvalue weighted by Crippen LogP contribution is 2.20. The minimum Gasteiger partial charge on any atom is -0.378 e. The van der Waals surface area contributed by atoms with E-state index in [-0.39, 0.29) is 5.91 Å². The smallest absolute Gasteiger partial charge is 0.251 e. The van der Waals surface area contributed by atoms with Gasteiger partial charge in [-0.25, -0.2) is 4.98 Å². The number of carbonyl (C=O) groups is 1. The highest BCUT2D eigenvalue weighted by Gasteiger charge is 2.06. The van der Waals surface area contributed by atoms with Crippen LogP contribution < -0.4 is 15.5 Å². The molecule has 0 spiro atoms. The summed E-state index contributed by atoms with van der Waals surface area (Å²) in [5.74, 6) is 0.578. The van der Waals surface area contributed by atoms with Gasteiger partial charge in [0, 0.05) is 43.8 Å². The number of anilines is 3. The zero-order valence-electron chi connectivity index (χ0n) is 13.3. The average Bonchev–Trinajstić information content (AvgIpc) is 2.53. The van der Waals surface area contributed by atoms with Crippen LogP contribution in [0.4, 0.5) is 17.2 Å². The Balaban J connectivity index is 2.13. The second kappa shape index (κ2) is 7.45. The maximum absolute atomic E-state index is 12.0. The Labute approximate surface area is 131 Å². The van der Waals surface area contributed by atoms with Crippen molar-refractivity contribution in [1.29, 1.82) is 0 Å². The number of amides is 1. The van der Waals surface area contributed by atoms with E-state index in [9.17, 15) is 4.79 Å². The van der Waals surface area contributed by atoms with E-state index >= 15 is 0 Å². The molecule has 22 heavy (non-hydrogen) atoms. The van der Waals surface area contributed by atoms with E-state index in [0.29, 0.717) is 17.9 Å². The number of benzene rings is 1. The minimum absolute atomic E-state index is 0.0747. The fourth-order valence-electron chi connectivity index (χ4n) is 1.99. The molecule has 0 bridgehead atoms. The Morgan fingerprint density at radius 3 is 2.77 bits per heavy atom. The molecule has 1 heterocycles. The molecule has 0 radical (unpaired) electrons. The van der Waals surface area contributed by atoms with Gasteiger partial charge in [-0.2, -0.15) is 0 Å². The van der Waals surface area contributed by atoms with Gasteiger partial charge in [-0.1, -0.05) is 13.0 Å². The zero-order valence-corrected chi connectivity index (χ0v) is 13.3. The summed E-state index contributed by atoms with van der Waals surface area (Å²) in [6.45, 7) is 2.70. The van der Waals surface area contributed by atoms with Gasteiger partial charge in [-0.05, 0) is 36.8 Å². The summed E-state index contributed by atoms with van der Waals surface area (Å²) in [6, 6.07) is 11.5. The summed E-state index contributed by atoms with van der Waals surface area (Å²) in [6.07, 6.45) is 2.55. The molecule has 0 fully saturated rings. The topological polar surface area (TPSA) is 57.3 Å². The highest BCUT2D eigenvalue weighted by atomic mass is 16.1. The van der Waals surface area contributed by atoms with Crippen LogP contribution in [0.15, 0.2) is 42.6 Å². The van der Waals surface area contributed by atoms with Crippen molar-refractivity contribution in [3.05, 3.63) is 48.2 Å². The lowest BCUT2D eigenvalue weighted by Crippen LogP contribution is -2.24. The Morgan fingerprint density at radius 1 is 1.23 bits per heavy atom. The molecule has 0 aliphatic rings. The van der Waals surface area contributed by atoms with Gasteiger partial charge in [0.2, 0.25) is 0 Å². The normalized spacial score (nSPS) is 10.1. The van der Waals surface area contributed by atoms with E-state index in [1.807, 2.05) is 50.2 Å². The average molecular weight is 298 g/mol. The molecule has 0 atom stereocenters. The van der Waals surface area contributed by atoms with Gasteiger partial charge in [0.25, 0.3) is 5.91 Å². The third kappa shape index (κ3) is 4.22. The first-order valence-electron chi connectivity index (χ1n) is 7.39. The summed E-state index contributed by atoms with van der Waals surface area (Å²) >= 11 is 0. The molecule has 1 amide bonds. The number of pyridine rings is 1. The lowest BCUT2D eigenvalue weighted by molar-refractivity contribution is 0.0953. The van der Waals surface area contributed by atoms with Crippen LogP contribution in [0.3, 0.4) is 0 Å². The van der Waals surface area contributed by atoms with Crippen LogP contribution in [0, 0.1) is 0 Å². The van der Waals surface area contributed by atoms with Crippen molar-refractivity contribution >= 4 is 23.1 Å². The molecule has 1 aromatic heterocycles. The molecule has 5 heteroatoms. The molecular weight excluding hydrogens is 276 g/mol. The summed E-state index contributed by atoms with van der Waals surface area (Å²) in [5.41, 5.74) is 2.64. The monoisotopic (exact) mass is 298 g/mol. The van der Waals surface area contributed by atoms with Crippen molar-refractivity contribution in [1.82, 2.24) is 10.3 Å². The molecule has 1 aromatic carbocycles. The van der Waals surface area contributed by atoms with Gasteiger partial charge >= 0.3 is 0 Å². The molecular formula is C17H22N4O. The van der Waals surface area contributed by atoms with Crippen LogP contribution in [-0.4, -0.2) is 31.5 Å². The Bertz CT molecular complexity index is 640. The lowest BCUT2D eigenvalue weighted by Gasteiger charge is -2.14.